The standard InChI is InChI=1S/C22H18N4O5/c1-28-17-9-7-15(19-20(17)31-26-21(19)23)12-2-4-13(5-3-12)24-22(27)25-14-6-8-16-18(10-14)30-11-29-16/h2-10H,11H2,1H3,(H2,23,26)(H2,24,25,27). The summed E-state index contributed by atoms with van der Waals surface area (Å²) < 4.78 is 21.2. The summed E-state index contributed by atoms with van der Waals surface area (Å²) in [6, 6.07) is 15.9. The minimum atomic E-state index is -0.373. The van der Waals surface area contributed by atoms with Crippen LogP contribution >= 0.6 is 0 Å². The van der Waals surface area contributed by atoms with Gasteiger partial charge in [-0.05, 0) is 47.5 Å². The molecule has 0 radical (unpaired) electrons. The summed E-state index contributed by atoms with van der Waals surface area (Å²) in [7, 11) is 1.56. The lowest BCUT2D eigenvalue weighted by Gasteiger charge is -2.10. The lowest BCUT2D eigenvalue weighted by molar-refractivity contribution is 0.174. The molecule has 0 bridgehead atoms. The maximum atomic E-state index is 12.3. The molecule has 0 spiro atoms. The van der Waals surface area contributed by atoms with E-state index < -0.39 is 0 Å². The van der Waals surface area contributed by atoms with Crippen LogP contribution in [0, 0.1) is 0 Å². The maximum Gasteiger partial charge on any atom is 0.323 e. The first kappa shape index (κ1) is 18.6. The van der Waals surface area contributed by atoms with Gasteiger partial charge in [0.15, 0.2) is 23.1 Å². The zero-order valence-electron chi connectivity index (χ0n) is 16.5. The van der Waals surface area contributed by atoms with Crippen molar-refractivity contribution >= 4 is 34.2 Å². The van der Waals surface area contributed by atoms with Crippen LogP contribution in [0.5, 0.6) is 17.2 Å². The van der Waals surface area contributed by atoms with E-state index in [1.54, 1.807) is 43.5 Å². The van der Waals surface area contributed by atoms with Crippen molar-refractivity contribution in [1.29, 1.82) is 0 Å². The minimum absolute atomic E-state index is 0.179. The van der Waals surface area contributed by atoms with Crippen molar-refractivity contribution in [1.82, 2.24) is 5.16 Å². The zero-order chi connectivity index (χ0) is 21.4. The fourth-order valence-corrected chi connectivity index (χ4v) is 3.45. The number of carbonyl (C=O) groups is 1. The second-order valence-corrected chi connectivity index (χ2v) is 6.81. The summed E-state index contributed by atoms with van der Waals surface area (Å²) in [4.78, 5) is 12.3. The number of anilines is 3. The van der Waals surface area contributed by atoms with Gasteiger partial charge in [-0.25, -0.2) is 4.79 Å². The molecule has 2 amide bonds. The van der Waals surface area contributed by atoms with Crippen molar-refractivity contribution in [2.45, 2.75) is 0 Å². The Kier molecular flexibility index (Phi) is 4.47. The number of nitrogen functional groups attached to an aromatic ring is 1. The number of methoxy groups -OCH3 is 1. The Labute approximate surface area is 176 Å². The predicted molar refractivity (Wildman–Crippen MR) is 116 cm³/mol. The van der Waals surface area contributed by atoms with Crippen LogP contribution in [0.2, 0.25) is 0 Å². The number of ether oxygens (including phenoxy) is 3. The summed E-state index contributed by atoms with van der Waals surface area (Å²) >= 11 is 0. The number of benzene rings is 3. The van der Waals surface area contributed by atoms with Crippen LogP contribution in [0.15, 0.2) is 59.1 Å². The predicted octanol–water partition coefficient (Wildman–Crippen LogP) is 4.46. The highest BCUT2D eigenvalue weighted by Gasteiger charge is 2.17. The average Bonchev–Trinajstić information content (AvgIpc) is 3.40. The van der Waals surface area contributed by atoms with Crippen LogP contribution in [0.1, 0.15) is 0 Å². The Balaban J connectivity index is 1.33. The molecule has 1 aromatic heterocycles. The van der Waals surface area contributed by atoms with Crippen LogP contribution in [0.25, 0.3) is 22.1 Å². The number of nitrogens with two attached hydrogens (primary N) is 1. The summed E-state index contributed by atoms with van der Waals surface area (Å²) in [5, 5.41) is 10.1. The van der Waals surface area contributed by atoms with Crippen LogP contribution in [0.4, 0.5) is 22.0 Å². The normalized spacial score (nSPS) is 12.0. The lowest BCUT2D eigenvalue weighted by Crippen LogP contribution is -2.19. The van der Waals surface area contributed by atoms with Crippen molar-refractivity contribution in [2.24, 2.45) is 0 Å². The quantitative estimate of drug-likeness (QED) is 0.447. The number of nitrogens with zero attached hydrogens (tertiary/aromatic N) is 1. The molecule has 0 atom stereocenters. The molecular weight excluding hydrogens is 400 g/mol. The largest absolute Gasteiger partial charge is 0.493 e. The topological polar surface area (TPSA) is 121 Å². The van der Waals surface area contributed by atoms with Gasteiger partial charge in [-0.2, -0.15) is 0 Å². The smallest absolute Gasteiger partial charge is 0.323 e. The molecular formula is C22H18N4O5. The van der Waals surface area contributed by atoms with Crippen LogP contribution in [-0.4, -0.2) is 25.1 Å². The average molecular weight is 418 g/mol. The SMILES string of the molecule is COc1ccc(-c2ccc(NC(=O)Nc3ccc4c(c3)OCO4)cc2)c2c(N)noc12. The van der Waals surface area contributed by atoms with Gasteiger partial charge in [0.1, 0.15) is 0 Å². The van der Waals surface area contributed by atoms with Gasteiger partial charge in [0, 0.05) is 17.4 Å². The molecule has 0 saturated carbocycles. The molecule has 1 aliphatic heterocycles. The van der Waals surface area contributed by atoms with E-state index in [1.807, 2.05) is 18.2 Å². The molecule has 9 nitrogen and oxygen atoms in total. The number of hydrogen-bond acceptors (Lipinski definition) is 7. The van der Waals surface area contributed by atoms with Crippen molar-refractivity contribution in [2.75, 3.05) is 30.3 Å². The molecule has 0 saturated heterocycles. The Bertz CT molecular complexity index is 1280. The molecule has 5 rings (SSSR count). The number of hydrogen-bond donors (Lipinski definition) is 3. The van der Waals surface area contributed by atoms with Crippen molar-refractivity contribution in [3.05, 3.63) is 54.6 Å². The lowest BCUT2D eigenvalue weighted by atomic mass is 10.0. The Hall–Kier alpha value is -4.40. The second kappa shape index (κ2) is 7.45. The second-order valence-electron chi connectivity index (χ2n) is 6.81. The monoisotopic (exact) mass is 418 g/mol. The van der Waals surface area contributed by atoms with E-state index in [-0.39, 0.29) is 18.6 Å². The number of rotatable bonds is 4. The van der Waals surface area contributed by atoms with Gasteiger partial charge >= 0.3 is 6.03 Å². The number of amides is 2. The van der Waals surface area contributed by atoms with E-state index in [4.69, 9.17) is 24.5 Å². The molecule has 1 aliphatic rings. The first-order valence-electron chi connectivity index (χ1n) is 9.42. The summed E-state index contributed by atoms with van der Waals surface area (Å²) in [5.41, 5.74) is 9.46. The molecule has 4 aromatic rings. The number of carbonyl (C=O) groups excluding carboxylic acids is 1. The fourth-order valence-electron chi connectivity index (χ4n) is 3.45. The first-order chi connectivity index (χ1) is 15.1. The Morgan fingerprint density at radius 2 is 1.74 bits per heavy atom. The molecule has 9 heteroatoms. The van der Waals surface area contributed by atoms with Gasteiger partial charge in [0.05, 0.1) is 12.5 Å². The molecule has 31 heavy (non-hydrogen) atoms. The number of nitrogens with one attached hydrogen (secondary N) is 2. The zero-order valence-corrected chi connectivity index (χ0v) is 16.5. The van der Waals surface area contributed by atoms with Crippen molar-refractivity contribution in [3.63, 3.8) is 0 Å². The number of aromatic nitrogens is 1. The third-order valence-corrected chi connectivity index (χ3v) is 4.92. The molecule has 4 N–H and O–H groups in total. The van der Waals surface area contributed by atoms with Crippen molar-refractivity contribution in [3.8, 4) is 28.4 Å². The molecule has 0 unspecified atom stereocenters. The summed E-state index contributed by atoms with van der Waals surface area (Å²) in [5.74, 6) is 2.10. The van der Waals surface area contributed by atoms with E-state index >= 15 is 0 Å². The van der Waals surface area contributed by atoms with E-state index in [9.17, 15) is 4.79 Å². The van der Waals surface area contributed by atoms with Crippen molar-refractivity contribution < 1.29 is 23.5 Å². The summed E-state index contributed by atoms with van der Waals surface area (Å²) in [6.07, 6.45) is 0. The van der Waals surface area contributed by atoms with E-state index in [0.29, 0.717) is 39.6 Å². The van der Waals surface area contributed by atoms with Crippen LogP contribution < -0.4 is 30.6 Å². The number of urea groups is 1. The minimum Gasteiger partial charge on any atom is -0.493 e. The third kappa shape index (κ3) is 3.42. The highest BCUT2D eigenvalue weighted by Crippen LogP contribution is 2.38. The van der Waals surface area contributed by atoms with Gasteiger partial charge in [0.2, 0.25) is 12.4 Å². The first-order valence-corrected chi connectivity index (χ1v) is 9.42. The fraction of sp³-hybridized carbons (Fsp3) is 0.0909. The highest BCUT2D eigenvalue weighted by atomic mass is 16.7. The van der Waals surface area contributed by atoms with Crippen LogP contribution in [0.3, 0.4) is 0 Å². The highest BCUT2D eigenvalue weighted by molar-refractivity contribution is 6.04. The third-order valence-electron chi connectivity index (χ3n) is 4.92. The molecule has 3 aromatic carbocycles. The Morgan fingerprint density at radius 3 is 2.55 bits per heavy atom. The molecule has 2 heterocycles. The van der Waals surface area contributed by atoms with Gasteiger partial charge in [-0.15, -0.1) is 0 Å². The van der Waals surface area contributed by atoms with Gasteiger partial charge in [-0.1, -0.05) is 17.3 Å². The van der Waals surface area contributed by atoms with Gasteiger partial charge < -0.3 is 35.1 Å². The van der Waals surface area contributed by atoms with E-state index in [1.165, 1.54) is 0 Å². The van der Waals surface area contributed by atoms with E-state index in [2.05, 4.69) is 15.8 Å². The van der Waals surface area contributed by atoms with Crippen LogP contribution in [-0.2, 0) is 0 Å². The number of fused-ring (bicyclic) bond motifs is 2. The van der Waals surface area contributed by atoms with E-state index in [0.717, 1.165) is 11.1 Å². The van der Waals surface area contributed by atoms with Gasteiger partial charge in [-0.3, -0.25) is 0 Å². The summed E-state index contributed by atoms with van der Waals surface area (Å²) in [6.45, 7) is 0.179. The maximum absolute atomic E-state index is 12.3. The van der Waals surface area contributed by atoms with Gasteiger partial charge in [0.25, 0.3) is 0 Å². The molecule has 0 fully saturated rings. The molecule has 0 aliphatic carbocycles. The molecule has 156 valence electrons. The Morgan fingerprint density at radius 1 is 1.00 bits per heavy atom.